The predicted octanol–water partition coefficient (Wildman–Crippen LogP) is 1.81. The summed E-state index contributed by atoms with van der Waals surface area (Å²) >= 11 is 0. The molecule has 104 valence electrons. The van der Waals surface area contributed by atoms with Gasteiger partial charge in [-0.3, -0.25) is 10.1 Å². The number of piperidine rings is 1. The van der Waals surface area contributed by atoms with Gasteiger partial charge in [-0.25, -0.2) is 0 Å². The number of nitro groups is 1. The molecule has 0 spiro atoms. The van der Waals surface area contributed by atoms with E-state index in [1.165, 1.54) is 7.11 Å². The number of hydrogen-bond acceptors (Lipinski definition) is 5. The third-order valence-electron chi connectivity index (χ3n) is 3.58. The van der Waals surface area contributed by atoms with E-state index in [1.54, 1.807) is 18.2 Å². The summed E-state index contributed by atoms with van der Waals surface area (Å²) < 4.78 is 5.07. The molecule has 1 aromatic rings. The van der Waals surface area contributed by atoms with Gasteiger partial charge in [-0.2, -0.15) is 0 Å². The summed E-state index contributed by atoms with van der Waals surface area (Å²) in [5.41, 5.74) is 0.552. The molecule has 6 nitrogen and oxygen atoms in total. The van der Waals surface area contributed by atoms with Gasteiger partial charge < -0.3 is 14.7 Å². The minimum absolute atomic E-state index is 0.00594. The maximum atomic E-state index is 11.2. The van der Waals surface area contributed by atoms with Gasteiger partial charge in [0.1, 0.15) is 5.69 Å². The maximum Gasteiger partial charge on any atom is 0.333 e. The molecule has 6 heteroatoms. The van der Waals surface area contributed by atoms with Gasteiger partial charge in [0.15, 0.2) is 5.75 Å². The zero-order valence-corrected chi connectivity index (χ0v) is 11.1. The number of methoxy groups -OCH3 is 1. The summed E-state index contributed by atoms with van der Waals surface area (Å²) in [5.74, 6) is 0.362. The molecule has 1 fully saturated rings. The van der Waals surface area contributed by atoms with E-state index in [9.17, 15) is 15.2 Å². The number of ether oxygens (including phenoxy) is 1. The van der Waals surface area contributed by atoms with Crippen molar-refractivity contribution in [3.05, 3.63) is 28.3 Å². The first-order valence-corrected chi connectivity index (χ1v) is 6.29. The van der Waals surface area contributed by atoms with Crippen molar-refractivity contribution in [3.8, 4) is 5.75 Å². The number of aliphatic hydroxyl groups excluding tert-OH is 1. The lowest BCUT2D eigenvalue weighted by atomic mass is 9.96. The third kappa shape index (κ3) is 2.63. The molecule has 0 bridgehead atoms. The van der Waals surface area contributed by atoms with E-state index in [2.05, 4.69) is 0 Å². The van der Waals surface area contributed by atoms with Crippen LogP contribution in [0.5, 0.6) is 5.75 Å². The lowest BCUT2D eigenvalue weighted by molar-refractivity contribution is -0.385. The van der Waals surface area contributed by atoms with Gasteiger partial charge in [0.2, 0.25) is 0 Å². The Balaban J connectivity index is 2.37. The quantitative estimate of drug-likeness (QED) is 0.667. The van der Waals surface area contributed by atoms with Crippen LogP contribution in [0.1, 0.15) is 13.3 Å². The third-order valence-corrected chi connectivity index (χ3v) is 3.58. The van der Waals surface area contributed by atoms with E-state index in [4.69, 9.17) is 4.74 Å². The second-order valence-electron chi connectivity index (χ2n) is 4.86. The number of para-hydroxylation sites is 1. The summed E-state index contributed by atoms with van der Waals surface area (Å²) in [6.07, 6.45) is 0.288. The molecular weight excluding hydrogens is 248 g/mol. The van der Waals surface area contributed by atoms with Gasteiger partial charge in [-0.1, -0.05) is 13.0 Å². The van der Waals surface area contributed by atoms with Crippen molar-refractivity contribution in [1.82, 2.24) is 0 Å². The molecular formula is C13H18N2O4. The largest absolute Gasteiger partial charge is 0.490 e. The zero-order chi connectivity index (χ0) is 14.0. The molecule has 0 radical (unpaired) electrons. The average Bonchev–Trinajstić information content (AvgIpc) is 2.40. The molecule has 0 amide bonds. The van der Waals surface area contributed by atoms with Gasteiger partial charge in [0.25, 0.3) is 0 Å². The highest BCUT2D eigenvalue weighted by atomic mass is 16.6. The Morgan fingerprint density at radius 2 is 2.26 bits per heavy atom. The highest BCUT2D eigenvalue weighted by Gasteiger charge is 2.30. The monoisotopic (exact) mass is 266 g/mol. The van der Waals surface area contributed by atoms with E-state index < -0.39 is 4.92 Å². The van der Waals surface area contributed by atoms with Crippen LogP contribution < -0.4 is 9.64 Å². The fraction of sp³-hybridized carbons (Fsp3) is 0.538. The summed E-state index contributed by atoms with van der Waals surface area (Å²) in [7, 11) is 1.43. The van der Waals surface area contributed by atoms with E-state index in [0.717, 1.165) is 0 Å². The minimum atomic E-state index is -0.413. The van der Waals surface area contributed by atoms with Crippen LogP contribution in [0.4, 0.5) is 11.4 Å². The Hall–Kier alpha value is -1.82. The second-order valence-corrected chi connectivity index (χ2v) is 4.86. The topological polar surface area (TPSA) is 75.8 Å². The summed E-state index contributed by atoms with van der Waals surface area (Å²) in [5, 5.41) is 21.0. The number of benzene rings is 1. The van der Waals surface area contributed by atoms with E-state index >= 15 is 0 Å². The molecule has 1 N–H and O–H groups in total. The smallest absolute Gasteiger partial charge is 0.333 e. The first kappa shape index (κ1) is 13.6. The minimum Gasteiger partial charge on any atom is -0.490 e. The van der Waals surface area contributed by atoms with Gasteiger partial charge in [-0.05, 0) is 24.5 Å². The fourth-order valence-electron chi connectivity index (χ4n) is 2.47. The van der Waals surface area contributed by atoms with Crippen LogP contribution in [0.25, 0.3) is 0 Å². The van der Waals surface area contributed by atoms with Crippen LogP contribution in [-0.4, -0.2) is 36.3 Å². The van der Waals surface area contributed by atoms with Crippen LogP contribution in [0, 0.1) is 16.0 Å². The van der Waals surface area contributed by atoms with E-state index in [-0.39, 0.29) is 23.5 Å². The zero-order valence-electron chi connectivity index (χ0n) is 11.1. The van der Waals surface area contributed by atoms with Gasteiger partial charge in [0, 0.05) is 13.1 Å². The number of nitro benzene ring substituents is 1. The van der Waals surface area contributed by atoms with Gasteiger partial charge >= 0.3 is 5.69 Å². The molecule has 1 aromatic carbocycles. The Labute approximate surface area is 111 Å². The van der Waals surface area contributed by atoms with Crippen LogP contribution in [0.2, 0.25) is 0 Å². The number of hydrogen-bond donors (Lipinski definition) is 1. The molecule has 0 saturated carbocycles. The number of rotatable bonds is 3. The van der Waals surface area contributed by atoms with Crippen LogP contribution in [-0.2, 0) is 0 Å². The molecule has 19 heavy (non-hydrogen) atoms. The fourth-order valence-corrected chi connectivity index (χ4v) is 2.47. The normalized spacial score (nSPS) is 23.2. The van der Waals surface area contributed by atoms with E-state index in [0.29, 0.717) is 25.2 Å². The Morgan fingerprint density at radius 3 is 2.84 bits per heavy atom. The van der Waals surface area contributed by atoms with Crippen molar-refractivity contribution in [3.63, 3.8) is 0 Å². The standard InChI is InChI=1S/C13H18N2O4/c1-9-8-14(7-6-11(9)16)10-4-3-5-12(19-2)13(10)15(17)18/h3-5,9,11,16H,6-8H2,1-2H3. The molecule has 0 aromatic heterocycles. The van der Waals surface area contributed by atoms with Crippen molar-refractivity contribution < 1.29 is 14.8 Å². The molecule has 1 saturated heterocycles. The first-order valence-electron chi connectivity index (χ1n) is 6.29. The molecule has 2 atom stereocenters. The first-order chi connectivity index (χ1) is 9.04. The Kier molecular flexibility index (Phi) is 3.90. The molecule has 1 heterocycles. The van der Waals surface area contributed by atoms with Crippen molar-refractivity contribution in [2.75, 3.05) is 25.1 Å². The second kappa shape index (κ2) is 5.44. The van der Waals surface area contributed by atoms with Crippen LogP contribution >= 0.6 is 0 Å². The number of aliphatic hydroxyl groups is 1. The van der Waals surface area contributed by atoms with E-state index in [1.807, 2.05) is 11.8 Å². The van der Waals surface area contributed by atoms with Gasteiger partial charge in [-0.15, -0.1) is 0 Å². The Bertz CT molecular complexity index is 478. The molecule has 2 unspecified atom stereocenters. The summed E-state index contributed by atoms with van der Waals surface area (Å²) in [6.45, 7) is 3.16. The molecule has 1 aliphatic rings. The highest BCUT2D eigenvalue weighted by molar-refractivity contribution is 5.70. The van der Waals surface area contributed by atoms with Crippen molar-refractivity contribution in [1.29, 1.82) is 0 Å². The molecule has 1 aliphatic heterocycles. The predicted molar refractivity (Wildman–Crippen MR) is 71.6 cm³/mol. The SMILES string of the molecule is COc1cccc(N2CCC(O)C(C)C2)c1[N+](=O)[O-]. The van der Waals surface area contributed by atoms with Crippen LogP contribution in [0.15, 0.2) is 18.2 Å². The number of anilines is 1. The van der Waals surface area contributed by atoms with Crippen molar-refractivity contribution in [2.24, 2.45) is 5.92 Å². The average molecular weight is 266 g/mol. The molecule has 2 rings (SSSR count). The van der Waals surface area contributed by atoms with Crippen molar-refractivity contribution in [2.45, 2.75) is 19.4 Å². The van der Waals surface area contributed by atoms with Gasteiger partial charge in [0.05, 0.1) is 18.1 Å². The summed E-state index contributed by atoms with van der Waals surface area (Å²) in [4.78, 5) is 12.8. The molecule has 0 aliphatic carbocycles. The van der Waals surface area contributed by atoms with Crippen molar-refractivity contribution >= 4 is 11.4 Å². The van der Waals surface area contributed by atoms with Crippen LogP contribution in [0.3, 0.4) is 0 Å². The number of nitrogens with zero attached hydrogens (tertiary/aromatic N) is 2. The lowest BCUT2D eigenvalue weighted by Gasteiger charge is -2.35. The Morgan fingerprint density at radius 1 is 1.53 bits per heavy atom. The lowest BCUT2D eigenvalue weighted by Crippen LogP contribution is -2.42. The maximum absolute atomic E-state index is 11.2. The summed E-state index contributed by atoms with van der Waals surface area (Å²) in [6, 6.07) is 5.06. The highest BCUT2D eigenvalue weighted by Crippen LogP contribution is 2.38.